The smallest absolute Gasteiger partial charge is 0.301 e. The Hall–Kier alpha value is -1.67. The first kappa shape index (κ1) is 14.7. The molecule has 2 heterocycles. The van der Waals surface area contributed by atoms with Gasteiger partial charge in [0.05, 0.1) is 9.40 Å². The summed E-state index contributed by atoms with van der Waals surface area (Å²) in [6.45, 7) is 2.63. The van der Waals surface area contributed by atoms with Crippen molar-refractivity contribution in [2.24, 2.45) is 0 Å². The summed E-state index contributed by atoms with van der Waals surface area (Å²) in [5.74, 6) is 0.604. The minimum absolute atomic E-state index is 0.0331. The largest absolute Gasteiger partial charge is 0.370 e. The predicted molar refractivity (Wildman–Crippen MR) is 81.1 cm³/mol. The lowest BCUT2D eigenvalue weighted by Gasteiger charge is -2.06. The molecule has 0 spiro atoms. The molecule has 0 amide bonds. The van der Waals surface area contributed by atoms with Crippen LogP contribution >= 0.6 is 27.7 Å². The topological polar surface area (TPSA) is 81.0 Å². The maximum Gasteiger partial charge on any atom is 0.301 e. The van der Waals surface area contributed by atoms with Gasteiger partial charge in [0.15, 0.2) is 5.03 Å². The molecule has 0 aromatic carbocycles. The highest BCUT2D eigenvalue weighted by Gasteiger charge is 2.18. The molecule has 2 aromatic heterocycles. The van der Waals surface area contributed by atoms with E-state index in [1.54, 1.807) is 18.3 Å². The Morgan fingerprint density at radius 1 is 1.40 bits per heavy atom. The molecule has 0 saturated heterocycles. The van der Waals surface area contributed by atoms with E-state index in [1.165, 1.54) is 6.07 Å². The molecular weight excluding hydrogens is 344 g/mol. The van der Waals surface area contributed by atoms with Gasteiger partial charge in [0.1, 0.15) is 10.8 Å². The number of nitrogens with zero attached hydrogens (tertiary/aromatic N) is 3. The van der Waals surface area contributed by atoms with E-state index < -0.39 is 4.92 Å². The van der Waals surface area contributed by atoms with Crippen LogP contribution in [0.1, 0.15) is 6.92 Å². The van der Waals surface area contributed by atoms with Crippen LogP contribution in [0.5, 0.6) is 0 Å². The van der Waals surface area contributed by atoms with E-state index >= 15 is 0 Å². The monoisotopic (exact) mass is 354 g/mol. The van der Waals surface area contributed by atoms with Crippen molar-refractivity contribution < 1.29 is 4.92 Å². The summed E-state index contributed by atoms with van der Waals surface area (Å²) in [5.41, 5.74) is -0.0331. The van der Waals surface area contributed by atoms with E-state index in [1.807, 2.05) is 13.0 Å². The van der Waals surface area contributed by atoms with Crippen LogP contribution < -0.4 is 5.32 Å². The minimum Gasteiger partial charge on any atom is -0.370 e. The van der Waals surface area contributed by atoms with Crippen LogP contribution in [0.4, 0.5) is 11.5 Å². The molecule has 6 nitrogen and oxygen atoms in total. The Labute approximate surface area is 128 Å². The molecule has 0 atom stereocenters. The number of hydrogen-bond donors (Lipinski definition) is 1. The van der Waals surface area contributed by atoms with Crippen molar-refractivity contribution in [3.63, 3.8) is 0 Å². The Morgan fingerprint density at radius 2 is 2.20 bits per heavy atom. The van der Waals surface area contributed by atoms with Crippen LogP contribution in [0.3, 0.4) is 0 Å². The SMILES string of the molecule is CCNc1ccc([N+](=O)[O-])c(Sc2ncccc2Br)n1. The molecule has 0 aliphatic rings. The van der Waals surface area contributed by atoms with Gasteiger partial charge in [0.2, 0.25) is 0 Å². The quantitative estimate of drug-likeness (QED) is 0.650. The van der Waals surface area contributed by atoms with Crippen molar-refractivity contribution in [2.75, 3.05) is 11.9 Å². The average Bonchev–Trinajstić information content (AvgIpc) is 2.42. The van der Waals surface area contributed by atoms with Crippen LogP contribution in [0, 0.1) is 10.1 Å². The number of anilines is 1. The van der Waals surface area contributed by atoms with Crippen LogP contribution in [0.15, 0.2) is 45.0 Å². The Balaban J connectivity index is 2.40. The lowest BCUT2D eigenvalue weighted by Crippen LogP contribution is -2.01. The highest BCUT2D eigenvalue weighted by Crippen LogP contribution is 2.36. The van der Waals surface area contributed by atoms with Gasteiger partial charge in [-0.15, -0.1) is 0 Å². The van der Waals surface area contributed by atoms with Gasteiger partial charge in [-0.25, -0.2) is 9.97 Å². The van der Waals surface area contributed by atoms with Crippen molar-refractivity contribution in [1.82, 2.24) is 9.97 Å². The van der Waals surface area contributed by atoms with Crippen molar-refractivity contribution in [3.8, 4) is 0 Å². The predicted octanol–water partition coefficient (Wildman–Crippen LogP) is 3.73. The van der Waals surface area contributed by atoms with E-state index in [0.29, 0.717) is 22.4 Å². The molecule has 0 fully saturated rings. The first-order valence-corrected chi connectivity index (χ1v) is 7.40. The molecule has 8 heteroatoms. The fourth-order valence-corrected chi connectivity index (χ4v) is 2.82. The van der Waals surface area contributed by atoms with Gasteiger partial charge in [0, 0.05) is 18.8 Å². The number of rotatable bonds is 5. The molecule has 0 unspecified atom stereocenters. The summed E-state index contributed by atoms with van der Waals surface area (Å²) in [4.78, 5) is 19.1. The lowest BCUT2D eigenvalue weighted by molar-refractivity contribution is -0.388. The van der Waals surface area contributed by atoms with Gasteiger partial charge < -0.3 is 5.32 Å². The second-order valence-corrected chi connectivity index (χ2v) is 5.53. The van der Waals surface area contributed by atoms with Crippen molar-refractivity contribution in [2.45, 2.75) is 17.0 Å². The first-order valence-electron chi connectivity index (χ1n) is 5.79. The zero-order valence-corrected chi connectivity index (χ0v) is 12.9. The molecule has 0 aliphatic heterocycles. The number of halogens is 1. The summed E-state index contributed by atoms with van der Waals surface area (Å²) >= 11 is 4.53. The molecule has 104 valence electrons. The highest BCUT2D eigenvalue weighted by molar-refractivity contribution is 9.10. The van der Waals surface area contributed by atoms with Gasteiger partial charge in [-0.1, -0.05) is 0 Å². The number of nitro groups is 1. The number of pyridine rings is 2. The Bertz CT molecular complexity index is 639. The van der Waals surface area contributed by atoms with Gasteiger partial charge in [-0.05, 0) is 52.8 Å². The third-order valence-corrected chi connectivity index (χ3v) is 4.23. The fourth-order valence-electron chi connectivity index (χ4n) is 1.46. The van der Waals surface area contributed by atoms with Crippen LogP contribution in [-0.4, -0.2) is 21.4 Å². The molecule has 2 rings (SSSR count). The number of aromatic nitrogens is 2. The van der Waals surface area contributed by atoms with Crippen LogP contribution in [-0.2, 0) is 0 Å². The number of nitrogens with one attached hydrogen (secondary N) is 1. The highest BCUT2D eigenvalue weighted by atomic mass is 79.9. The van der Waals surface area contributed by atoms with Gasteiger partial charge in [0.25, 0.3) is 0 Å². The van der Waals surface area contributed by atoms with E-state index in [4.69, 9.17) is 0 Å². The maximum atomic E-state index is 11.1. The van der Waals surface area contributed by atoms with E-state index in [-0.39, 0.29) is 5.69 Å². The third-order valence-electron chi connectivity index (χ3n) is 2.31. The van der Waals surface area contributed by atoms with E-state index in [0.717, 1.165) is 16.2 Å². The summed E-state index contributed by atoms with van der Waals surface area (Å²) in [6.07, 6.45) is 1.63. The van der Waals surface area contributed by atoms with E-state index in [2.05, 4.69) is 31.2 Å². The van der Waals surface area contributed by atoms with Gasteiger partial charge in [-0.3, -0.25) is 10.1 Å². The maximum absolute atomic E-state index is 11.1. The summed E-state index contributed by atoms with van der Waals surface area (Å²) in [7, 11) is 0. The standard InChI is InChI=1S/C12H11BrN4O2S/c1-2-14-10-6-5-9(17(18)19)12(16-10)20-11-8(13)4-3-7-15-11/h3-7H,2H2,1H3,(H,14,16). The zero-order chi connectivity index (χ0) is 14.5. The van der Waals surface area contributed by atoms with Crippen molar-refractivity contribution in [1.29, 1.82) is 0 Å². The average molecular weight is 355 g/mol. The van der Waals surface area contributed by atoms with Gasteiger partial charge >= 0.3 is 5.69 Å². The molecule has 20 heavy (non-hydrogen) atoms. The van der Waals surface area contributed by atoms with Crippen LogP contribution in [0.2, 0.25) is 0 Å². The van der Waals surface area contributed by atoms with Crippen LogP contribution in [0.25, 0.3) is 0 Å². The summed E-state index contributed by atoms with van der Waals surface area (Å²) in [6, 6.07) is 6.66. The summed E-state index contributed by atoms with van der Waals surface area (Å²) in [5, 5.41) is 15.0. The molecule has 2 aromatic rings. The third kappa shape index (κ3) is 3.45. The molecule has 0 bridgehead atoms. The van der Waals surface area contributed by atoms with Crippen molar-refractivity contribution >= 4 is 39.2 Å². The molecule has 1 N–H and O–H groups in total. The minimum atomic E-state index is -0.443. The first-order chi connectivity index (χ1) is 9.61. The second kappa shape index (κ2) is 6.67. The normalized spacial score (nSPS) is 10.3. The Kier molecular flexibility index (Phi) is 4.91. The molecule has 0 aliphatic carbocycles. The second-order valence-electron chi connectivity index (χ2n) is 3.70. The zero-order valence-electron chi connectivity index (χ0n) is 10.5. The molecular formula is C12H11BrN4O2S. The molecule has 0 radical (unpaired) electrons. The molecule has 0 saturated carbocycles. The summed E-state index contributed by atoms with van der Waals surface area (Å²) < 4.78 is 0.773. The van der Waals surface area contributed by atoms with E-state index in [9.17, 15) is 10.1 Å². The fraction of sp³-hybridized carbons (Fsp3) is 0.167. The Morgan fingerprint density at radius 3 is 2.85 bits per heavy atom. The van der Waals surface area contributed by atoms with Crippen molar-refractivity contribution in [3.05, 3.63) is 45.0 Å². The lowest BCUT2D eigenvalue weighted by atomic mass is 10.4. The van der Waals surface area contributed by atoms with Gasteiger partial charge in [-0.2, -0.15) is 0 Å². The number of hydrogen-bond acceptors (Lipinski definition) is 6.